The van der Waals surface area contributed by atoms with Gasteiger partial charge in [-0.25, -0.2) is 0 Å². The van der Waals surface area contributed by atoms with Crippen LogP contribution in [-0.4, -0.2) is 47.3 Å². The van der Waals surface area contributed by atoms with Crippen molar-refractivity contribution in [2.45, 2.75) is 37.8 Å². The maximum atomic E-state index is 10.1. The van der Waals surface area contributed by atoms with Gasteiger partial charge in [-0.05, 0) is 38.8 Å². The second-order valence-corrected chi connectivity index (χ2v) is 3.97. The van der Waals surface area contributed by atoms with Crippen molar-refractivity contribution in [3.8, 4) is 0 Å². The van der Waals surface area contributed by atoms with Gasteiger partial charge in [-0.3, -0.25) is 9.59 Å². The van der Waals surface area contributed by atoms with Gasteiger partial charge in [-0.15, -0.1) is 0 Å². The highest BCUT2D eigenvalue weighted by molar-refractivity contribution is 5.74. The molecule has 0 aromatic heterocycles. The van der Waals surface area contributed by atoms with Crippen LogP contribution in [0.2, 0.25) is 0 Å². The Balaban J connectivity index is 0.000000160. The number of aliphatic carboxylic acids is 2. The summed E-state index contributed by atoms with van der Waals surface area (Å²) in [4.78, 5) is 20.3. The molecule has 2 unspecified atom stereocenters. The van der Waals surface area contributed by atoms with Gasteiger partial charge in [0.2, 0.25) is 0 Å². The van der Waals surface area contributed by atoms with Gasteiger partial charge in [0.15, 0.2) is 0 Å². The fourth-order valence-corrected chi connectivity index (χ4v) is 1.79. The molecule has 0 radical (unpaired) electrons. The lowest BCUT2D eigenvalue weighted by molar-refractivity contribution is -0.140. The first-order chi connectivity index (χ1) is 7.61. The summed E-state index contributed by atoms with van der Waals surface area (Å²) in [5.41, 5.74) is 0. The molecule has 2 heterocycles. The van der Waals surface area contributed by atoms with Crippen molar-refractivity contribution in [3.05, 3.63) is 0 Å². The minimum atomic E-state index is -0.720. The normalized spacial score (nSPS) is 28.2. The molecule has 4 N–H and O–H groups in total. The van der Waals surface area contributed by atoms with E-state index in [0.29, 0.717) is 0 Å². The van der Waals surface area contributed by atoms with E-state index in [1.165, 1.54) is 0 Å². The van der Waals surface area contributed by atoms with Crippen molar-refractivity contribution in [2.24, 2.45) is 0 Å². The van der Waals surface area contributed by atoms with Crippen molar-refractivity contribution in [1.82, 2.24) is 10.6 Å². The number of nitrogens with one attached hydrogen (secondary N) is 2. The Morgan fingerprint density at radius 1 is 0.875 bits per heavy atom. The average molecular weight is 230 g/mol. The third kappa shape index (κ3) is 4.16. The Kier molecular flexibility index (Phi) is 5.21. The monoisotopic (exact) mass is 230 g/mol. The minimum Gasteiger partial charge on any atom is -0.480 e. The zero-order valence-corrected chi connectivity index (χ0v) is 9.11. The zero-order chi connectivity index (χ0) is 12.0. The summed E-state index contributed by atoms with van der Waals surface area (Å²) in [5.74, 6) is -1.44. The van der Waals surface area contributed by atoms with Crippen LogP contribution in [0.1, 0.15) is 25.7 Å². The van der Waals surface area contributed by atoms with Gasteiger partial charge in [0.25, 0.3) is 0 Å². The molecule has 0 bridgehead atoms. The molecule has 92 valence electrons. The lowest BCUT2D eigenvalue weighted by Gasteiger charge is -1.99. The Labute approximate surface area is 94.0 Å². The van der Waals surface area contributed by atoms with Gasteiger partial charge in [0.1, 0.15) is 12.1 Å². The molecule has 2 fully saturated rings. The van der Waals surface area contributed by atoms with Crippen molar-refractivity contribution in [2.75, 3.05) is 13.1 Å². The van der Waals surface area contributed by atoms with Gasteiger partial charge in [0, 0.05) is 0 Å². The third-order valence-corrected chi connectivity index (χ3v) is 2.72. The Morgan fingerprint density at radius 2 is 1.25 bits per heavy atom. The maximum Gasteiger partial charge on any atom is 0.320 e. The lowest BCUT2D eigenvalue weighted by atomic mass is 10.2. The van der Waals surface area contributed by atoms with E-state index in [4.69, 9.17) is 10.2 Å². The average Bonchev–Trinajstić information content (AvgIpc) is 2.93. The topological polar surface area (TPSA) is 98.7 Å². The van der Waals surface area contributed by atoms with E-state index in [1.807, 2.05) is 0 Å². The van der Waals surface area contributed by atoms with E-state index in [0.717, 1.165) is 38.8 Å². The van der Waals surface area contributed by atoms with E-state index < -0.39 is 11.9 Å². The number of carboxylic acids is 2. The largest absolute Gasteiger partial charge is 0.480 e. The van der Waals surface area contributed by atoms with E-state index in [1.54, 1.807) is 0 Å². The molecular formula is C10H18N2O4. The van der Waals surface area contributed by atoms with Crippen LogP contribution >= 0.6 is 0 Å². The van der Waals surface area contributed by atoms with Crippen molar-refractivity contribution >= 4 is 11.9 Å². The predicted molar refractivity (Wildman–Crippen MR) is 57.3 cm³/mol. The molecule has 0 aliphatic carbocycles. The standard InChI is InChI=1S/2C5H9NO2/c2*7-5(8)4-2-1-3-6-4/h2*4,6H,1-3H2,(H,7,8). The molecule has 2 atom stereocenters. The highest BCUT2D eigenvalue weighted by Gasteiger charge is 2.20. The summed E-state index contributed by atoms with van der Waals surface area (Å²) in [5, 5.41) is 22.4. The van der Waals surface area contributed by atoms with Crippen molar-refractivity contribution < 1.29 is 19.8 Å². The summed E-state index contributed by atoms with van der Waals surface area (Å²) < 4.78 is 0. The van der Waals surface area contributed by atoms with Gasteiger partial charge in [-0.1, -0.05) is 0 Å². The van der Waals surface area contributed by atoms with E-state index >= 15 is 0 Å². The molecule has 16 heavy (non-hydrogen) atoms. The number of carbonyl (C=O) groups is 2. The van der Waals surface area contributed by atoms with Crippen LogP contribution in [0.4, 0.5) is 0 Å². The van der Waals surface area contributed by atoms with E-state index in [2.05, 4.69) is 10.6 Å². The minimum absolute atomic E-state index is 0.269. The summed E-state index contributed by atoms with van der Waals surface area (Å²) in [6.07, 6.45) is 3.57. The van der Waals surface area contributed by atoms with Crippen LogP contribution < -0.4 is 10.6 Å². The maximum absolute atomic E-state index is 10.1. The van der Waals surface area contributed by atoms with Crippen LogP contribution in [0.25, 0.3) is 0 Å². The smallest absolute Gasteiger partial charge is 0.320 e. The van der Waals surface area contributed by atoms with Crippen molar-refractivity contribution in [3.63, 3.8) is 0 Å². The first kappa shape index (κ1) is 12.9. The molecule has 2 aliphatic rings. The second-order valence-electron chi connectivity index (χ2n) is 3.97. The van der Waals surface area contributed by atoms with Crippen LogP contribution in [-0.2, 0) is 9.59 Å². The molecule has 0 amide bonds. The first-order valence-corrected chi connectivity index (χ1v) is 5.53. The van der Waals surface area contributed by atoms with Crippen LogP contribution in [0.15, 0.2) is 0 Å². The molecule has 0 aromatic rings. The summed E-state index contributed by atoms with van der Waals surface area (Å²) in [7, 11) is 0. The fraction of sp³-hybridized carbons (Fsp3) is 0.800. The third-order valence-electron chi connectivity index (χ3n) is 2.72. The quantitative estimate of drug-likeness (QED) is 0.517. The van der Waals surface area contributed by atoms with Gasteiger partial charge < -0.3 is 20.8 Å². The molecule has 6 heteroatoms. The summed E-state index contributed by atoms with van der Waals surface area (Å²) >= 11 is 0. The van der Waals surface area contributed by atoms with Crippen LogP contribution in [0.3, 0.4) is 0 Å². The molecule has 2 aliphatic heterocycles. The highest BCUT2D eigenvalue weighted by atomic mass is 16.4. The zero-order valence-electron chi connectivity index (χ0n) is 9.11. The Bertz CT molecular complexity index is 219. The molecule has 2 rings (SSSR count). The summed E-state index contributed by atoms with van der Waals surface area (Å²) in [6.45, 7) is 1.72. The second kappa shape index (κ2) is 6.44. The molecule has 2 saturated heterocycles. The van der Waals surface area contributed by atoms with Crippen LogP contribution in [0.5, 0.6) is 0 Å². The number of hydrogen-bond donors (Lipinski definition) is 4. The number of hydrogen-bond acceptors (Lipinski definition) is 4. The van der Waals surface area contributed by atoms with Gasteiger partial charge >= 0.3 is 11.9 Å². The lowest BCUT2D eigenvalue weighted by Crippen LogP contribution is -2.29. The van der Waals surface area contributed by atoms with Crippen molar-refractivity contribution in [1.29, 1.82) is 0 Å². The Hall–Kier alpha value is -1.14. The van der Waals surface area contributed by atoms with Crippen LogP contribution in [0, 0.1) is 0 Å². The fourth-order valence-electron chi connectivity index (χ4n) is 1.79. The molecule has 6 nitrogen and oxygen atoms in total. The summed E-state index contributed by atoms with van der Waals surface area (Å²) in [6, 6.07) is -0.537. The molecule has 0 aromatic carbocycles. The molecule has 0 saturated carbocycles. The first-order valence-electron chi connectivity index (χ1n) is 5.53. The SMILES string of the molecule is O=C(O)C1CCCN1.O=C(O)C1CCCN1. The molecule has 0 spiro atoms. The molecular weight excluding hydrogens is 212 g/mol. The number of carboxylic acid groups (broad SMARTS) is 2. The van der Waals surface area contributed by atoms with Gasteiger partial charge in [-0.2, -0.15) is 0 Å². The predicted octanol–water partition coefficient (Wildman–Crippen LogP) is -0.354. The Morgan fingerprint density at radius 3 is 1.38 bits per heavy atom. The van der Waals surface area contributed by atoms with E-state index in [-0.39, 0.29) is 12.1 Å². The van der Waals surface area contributed by atoms with E-state index in [9.17, 15) is 9.59 Å². The highest BCUT2D eigenvalue weighted by Crippen LogP contribution is 2.04. The number of rotatable bonds is 2. The van der Waals surface area contributed by atoms with Gasteiger partial charge in [0.05, 0.1) is 0 Å².